The standard InChI is InChI=1S/C2H3F3.C2H7N/c1-2(3,4)5;1-2-3/h1H3;2-3H2,1H3. The van der Waals surface area contributed by atoms with Crippen molar-refractivity contribution in [2.24, 2.45) is 5.73 Å². The van der Waals surface area contributed by atoms with Gasteiger partial charge in [0.25, 0.3) is 0 Å². The van der Waals surface area contributed by atoms with Crippen molar-refractivity contribution in [3.05, 3.63) is 0 Å². The van der Waals surface area contributed by atoms with Gasteiger partial charge in [0.15, 0.2) is 0 Å². The number of halogens is 3. The summed E-state index contributed by atoms with van der Waals surface area (Å²) in [5, 5.41) is 0. The van der Waals surface area contributed by atoms with Crippen LogP contribution in [0.3, 0.4) is 0 Å². The fourth-order valence-corrected chi connectivity index (χ4v) is 0. The lowest BCUT2D eigenvalue weighted by Gasteiger charge is -1.88. The summed E-state index contributed by atoms with van der Waals surface area (Å²) < 4.78 is 31.1. The first-order valence-corrected chi connectivity index (χ1v) is 2.18. The minimum atomic E-state index is -4.00. The van der Waals surface area contributed by atoms with Crippen molar-refractivity contribution in [1.82, 2.24) is 0 Å². The second-order valence-electron chi connectivity index (χ2n) is 1.19. The van der Waals surface area contributed by atoms with Crippen LogP contribution in [0, 0.1) is 0 Å². The van der Waals surface area contributed by atoms with Gasteiger partial charge in [0, 0.05) is 6.92 Å². The van der Waals surface area contributed by atoms with Gasteiger partial charge < -0.3 is 5.73 Å². The number of alkyl halides is 3. The molecule has 4 heteroatoms. The smallest absolute Gasteiger partial charge is 0.331 e. The average Bonchev–Trinajstić information content (AvgIpc) is 1.27. The van der Waals surface area contributed by atoms with Crippen LogP contribution in [-0.4, -0.2) is 12.7 Å². The Morgan fingerprint density at radius 3 is 1.38 bits per heavy atom. The maximum Gasteiger partial charge on any atom is 0.386 e. The second kappa shape index (κ2) is 4.90. The van der Waals surface area contributed by atoms with Crippen LogP contribution in [0.5, 0.6) is 0 Å². The molecule has 0 aliphatic heterocycles. The van der Waals surface area contributed by atoms with Crippen LogP contribution >= 0.6 is 0 Å². The molecule has 0 rings (SSSR count). The minimum absolute atomic E-state index is 0.188. The van der Waals surface area contributed by atoms with Gasteiger partial charge in [0.05, 0.1) is 0 Å². The monoisotopic (exact) mass is 129 g/mol. The Labute approximate surface area is 46.7 Å². The second-order valence-corrected chi connectivity index (χ2v) is 1.19. The van der Waals surface area contributed by atoms with Crippen molar-refractivity contribution < 1.29 is 13.2 Å². The molecule has 0 heterocycles. The third kappa shape index (κ3) is 2080. The van der Waals surface area contributed by atoms with Crippen molar-refractivity contribution in [2.75, 3.05) is 6.54 Å². The van der Waals surface area contributed by atoms with E-state index in [9.17, 15) is 13.2 Å². The summed E-state index contributed by atoms with van der Waals surface area (Å²) in [6, 6.07) is 0. The van der Waals surface area contributed by atoms with E-state index in [0.29, 0.717) is 0 Å². The highest BCUT2D eigenvalue weighted by Crippen LogP contribution is 2.10. The molecule has 0 aliphatic rings. The van der Waals surface area contributed by atoms with E-state index in [4.69, 9.17) is 5.73 Å². The van der Waals surface area contributed by atoms with Gasteiger partial charge in [-0.05, 0) is 6.54 Å². The van der Waals surface area contributed by atoms with E-state index in [1.807, 2.05) is 6.92 Å². The van der Waals surface area contributed by atoms with E-state index in [2.05, 4.69) is 0 Å². The van der Waals surface area contributed by atoms with Crippen LogP contribution < -0.4 is 5.73 Å². The highest BCUT2D eigenvalue weighted by Gasteiger charge is 2.15. The third-order valence-corrected chi connectivity index (χ3v) is 0. The molecule has 52 valence electrons. The number of nitrogens with two attached hydrogens (primary N) is 1. The van der Waals surface area contributed by atoms with Gasteiger partial charge in [-0.3, -0.25) is 0 Å². The summed E-state index contributed by atoms with van der Waals surface area (Å²) in [6.45, 7) is 2.84. The maximum atomic E-state index is 10.4. The van der Waals surface area contributed by atoms with Crippen molar-refractivity contribution in [3.8, 4) is 0 Å². The van der Waals surface area contributed by atoms with E-state index in [1.165, 1.54) is 0 Å². The highest BCUT2D eigenvalue weighted by molar-refractivity contribution is 4.26. The topological polar surface area (TPSA) is 26.0 Å². The van der Waals surface area contributed by atoms with Gasteiger partial charge in [-0.25, -0.2) is 0 Å². The lowest BCUT2D eigenvalue weighted by molar-refractivity contribution is -0.110. The number of hydrogen-bond donors (Lipinski definition) is 1. The summed E-state index contributed by atoms with van der Waals surface area (Å²) in [7, 11) is 0. The molecule has 8 heavy (non-hydrogen) atoms. The van der Waals surface area contributed by atoms with Crippen LogP contribution in [0.15, 0.2) is 0 Å². The van der Waals surface area contributed by atoms with E-state index in [1.54, 1.807) is 0 Å². The molecular weight excluding hydrogens is 119 g/mol. The van der Waals surface area contributed by atoms with Crippen LogP contribution in [0.1, 0.15) is 13.8 Å². The average molecular weight is 129 g/mol. The molecule has 0 fully saturated rings. The molecule has 0 spiro atoms. The van der Waals surface area contributed by atoms with E-state index in [0.717, 1.165) is 6.54 Å². The lowest BCUT2D eigenvalue weighted by Crippen LogP contribution is -1.95. The maximum absolute atomic E-state index is 10.4. The molecule has 0 saturated heterocycles. The van der Waals surface area contributed by atoms with E-state index < -0.39 is 6.18 Å². The van der Waals surface area contributed by atoms with E-state index in [-0.39, 0.29) is 6.92 Å². The normalized spacial score (nSPS) is 9.75. The Morgan fingerprint density at radius 1 is 1.38 bits per heavy atom. The summed E-state index contributed by atoms with van der Waals surface area (Å²) in [5.74, 6) is 0. The Kier molecular flexibility index (Phi) is 6.54. The predicted octanol–water partition coefficient (Wildman–Crippen LogP) is 1.53. The number of hydrogen-bond acceptors (Lipinski definition) is 1. The van der Waals surface area contributed by atoms with Gasteiger partial charge in [0.1, 0.15) is 0 Å². The SMILES string of the molecule is CC(F)(F)F.CCN. The predicted molar refractivity (Wildman–Crippen MR) is 26.5 cm³/mol. The van der Waals surface area contributed by atoms with Crippen LogP contribution in [0.25, 0.3) is 0 Å². The van der Waals surface area contributed by atoms with Crippen molar-refractivity contribution in [1.29, 1.82) is 0 Å². The molecule has 0 bridgehead atoms. The fourth-order valence-electron chi connectivity index (χ4n) is 0. The highest BCUT2D eigenvalue weighted by atomic mass is 19.4. The quantitative estimate of drug-likeness (QED) is 0.527. The molecule has 0 radical (unpaired) electrons. The summed E-state index contributed by atoms with van der Waals surface area (Å²) >= 11 is 0. The molecule has 0 amide bonds. The summed E-state index contributed by atoms with van der Waals surface area (Å²) in [6.07, 6.45) is -4.00. The first-order chi connectivity index (χ1) is 3.41. The Hall–Kier alpha value is -0.250. The fraction of sp³-hybridized carbons (Fsp3) is 1.00. The zero-order chi connectivity index (χ0) is 7.21. The van der Waals surface area contributed by atoms with Crippen molar-refractivity contribution in [3.63, 3.8) is 0 Å². The molecule has 0 unspecified atom stereocenters. The zero-order valence-corrected chi connectivity index (χ0v) is 4.92. The third-order valence-electron chi connectivity index (χ3n) is 0. The summed E-state index contributed by atoms with van der Waals surface area (Å²) in [5.41, 5.74) is 4.85. The van der Waals surface area contributed by atoms with Gasteiger partial charge in [-0.1, -0.05) is 6.92 Å². The molecule has 2 N–H and O–H groups in total. The molecular formula is C4H10F3N. The summed E-state index contributed by atoms with van der Waals surface area (Å²) in [4.78, 5) is 0. The first kappa shape index (κ1) is 10.7. The van der Waals surface area contributed by atoms with Gasteiger partial charge in [0.2, 0.25) is 0 Å². The molecule has 0 aromatic rings. The van der Waals surface area contributed by atoms with Gasteiger partial charge in [-0.15, -0.1) is 0 Å². The van der Waals surface area contributed by atoms with Crippen molar-refractivity contribution >= 4 is 0 Å². The van der Waals surface area contributed by atoms with Gasteiger partial charge >= 0.3 is 6.18 Å². The molecule has 0 saturated carbocycles. The first-order valence-electron chi connectivity index (χ1n) is 2.18. The largest absolute Gasteiger partial charge is 0.386 e. The van der Waals surface area contributed by atoms with Crippen LogP contribution in [0.4, 0.5) is 13.2 Å². The van der Waals surface area contributed by atoms with Gasteiger partial charge in [-0.2, -0.15) is 13.2 Å². The Bertz CT molecular complexity index is 35.0. The molecule has 1 nitrogen and oxygen atoms in total. The Balaban J connectivity index is 0. The van der Waals surface area contributed by atoms with Crippen LogP contribution in [0.2, 0.25) is 0 Å². The van der Waals surface area contributed by atoms with Crippen molar-refractivity contribution in [2.45, 2.75) is 20.0 Å². The molecule has 0 atom stereocenters. The minimum Gasteiger partial charge on any atom is -0.331 e. The van der Waals surface area contributed by atoms with E-state index >= 15 is 0 Å². The Morgan fingerprint density at radius 2 is 1.38 bits per heavy atom. The van der Waals surface area contributed by atoms with Crippen LogP contribution in [-0.2, 0) is 0 Å². The lowest BCUT2D eigenvalue weighted by atomic mass is 10.8. The molecule has 0 aliphatic carbocycles. The molecule has 0 aromatic heterocycles. The zero-order valence-electron chi connectivity index (χ0n) is 4.92. The number of rotatable bonds is 0. The molecule has 0 aromatic carbocycles.